The molecule has 6 nitrogen and oxygen atoms in total. The molecule has 1 aromatic carbocycles. The third-order valence-corrected chi connectivity index (χ3v) is 3.98. The molecule has 1 aromatic heterocycles. The van der Waals surface area contributed by atoms with Crippen molar-refractivity contribution in [3.8, 4) is 11.4 Å². The Morgan fingerprint density at radius 1 is 1.39 bits per heavy atom. The maximum absolute atomic E-state index is 11.9. The van der Waals surface area contributed by atoms with Crippen LogP contribution < -0.4 is 0 Å². The van der Waals surface area contributed by atoms with Gasteiger partial charge in [-0.05, 0) is 26.3 Å². The van der Waals surface area contributed by atoms with Gasteiger partial charge in [0.1, 0.15) is 0 Å². The summed E-state index contributed by atoms with van der Waals surface area (Å²) in [7, 11) is 0. The lowest BCUT2D eigenvalue weighted by Crippen LogP contribution is -2.39. The van der Waals surface area contributed by atoms with E-state index < -0.39 is 0 Å². The van der Waals surface area contributed by atoms with Crippen LogP contribution in [0.25, 0.3) is 11.4 Å². The molecule has 0 spiro atoms. The molecule has 1 atom stereocenters. The predicted octanol–water partition coefficient (Wildman–Crippen LogP) is 2.51. The minimum absolute atomic E-state index is 0.0554. The van der Waals surface area contributed by atoms with E-state index >= 15 is 0 Å². The molecule has 122 valence electrons. The lowest BCUT2D eigenvalue weighted by Gasteiger charge is -2.30. The first-order chi connectivity index (χ1) is 11.3. The molecule has 6 heteroatoms. The van der Waals surface area contributed by atoms with Gasteiger partial charge in [0, 0.05) is 12.1 Å². The van der Waals surface area contributed by atoms with Crippen LogP contribution in [0.3, 0.4) is 0 Å². The van der Waals surface area contributed by atoms with Gasteiger partial charge in [-0.1, -0.05) is 35.5 Å². The maximum atomic E-state index is 11.9. The summed E-state index contributed by atoms with van der Waals surface area (Å²) < 4.78 is 10.5. The molecular weight excluding hydrogens is 294 g/mol. The quantitative estimate of drug-likeness (QED) is 0.790. The smallest absolute Gasteiger partial charge is 0.310 e. The van der Waals surface area contributed by atoms with E-state index in [1.165, 1.54) is 0 Å². The fourth-order valence-corrected chi connectivity index (χ4v) is 2.87. The van der Waals surface area contributed by atoms with Gasteiger partial charge in [-0.15, -0.1) is 0 Å². The zero-order valence-electron chi connectivity index (χ0n) is 13.3. The summed E-state index contributed by atoms with van der Waals surface area (Å²) >= 11 is 0. The number of esters is 1. The Hall–Kier alpha value is -2.21. The highest BCUT2D eigenvalue weighted by molar-refractivity contribution is 5.72. The molecule has 2 aromatic rings. The Morgan fingerprint density at radius 3 is 3.00 bits per heavy atom. The lowest BCUT2D eigenvalue weighted by atomic mass is 9.98. The first-order valence-corrected chi connectivity index (χ1v) is 8.03. The second-order valence-corrected chi connectivity index (χ2v) is 5.70. The van der Waals surface area contributed by atoms with Crippen LogP contribution in [0.1, 0.15) is 25.7 Å². The number of benzene rings is 1. The number of ether oxygens (including phenoxy) is 1. The minimum Gasteiger partial charge on any atom is -0.466 e. The molecule has 1 aliphatic rings. The maximum Gasteiger partial charge on any atom is 0.310 e. The highest BCUT2D eigenvalue weighted by Gasteiger charge is 2.27. The topological polar surface area (TPSA) is 68.5 Å². The summed E-state index contributed by atoms with van der Waals surface area (Å²) in [5.74, 6) is 1.01. The number of hydrogen-bond donors (Lipinski definition) is 0. The molecule has 0 bridgehead atoms. The molecule has 3 rings (SSSR count). The molecule has 0 radical (unpaired) electrons. The third-order valence-electron chi connectivity index (χ3n) is 3.98. The largest absolute Gasteiger partial charge is 0.466 e. The van der Waals surface area contributed by atoms with Gasteiger partial charge in [0.25, 0.3) is 0 Å². The van der Waals surface area contributed by atoms with Crippen molar-refractivity contribution in [3.05, 3.63) is 36.2 Å². The summed E-state index contributed by atoms with van der Waals surface area (Å²) in [6.07, 6.45) is 1.86. The van der Waals surface area contributed by atoms with Crippen molar-refractivity contribution in [2.24, 2.45) is 5.92 Å². The van der Waals surface area contributed by atoms with Crippen molar-refractivity contribution in [2.75, 3.05) is 19.7 Å². The van der Waals surface area contributed by atoms with Crippen LogP contribution in [0.4, 0.5) is 0 Å². The summed E-state index contributed by atoms with van der Waals surface area (Å²) in [6, 6.07) is 9.74. The van der Waals surface area contributed by atoms with Crippen molar-refractivity contribution >= 4 is 5.97 Å². The number of carbonyl (C=O) groups is 1. The Morgan fingerprint density at radius 2 is 2.22 bits per heavy atom. The number of likely N-dealkylation sites (tertiary alicyclic amines) is 1. The average Bonchev–Trinajstić information content (AvgIpc) is 3.05. The second-order valence-electron chi connectivity index (χ2n) is 5.70. The number of hydrogen-bond acceptors (Lipinski definition) is 6. The van der Waals surface area contributed by atoms with Crippen molar-refractivity contribution < 1.29 is 14.1 Å². The van der Waals surface area contributed by atoms with Crippen LogP contribution in [0.2, 0.25) is 0 Å². The Kier molecular flexibility index (Phi) is 5.02. The normalized spacial score (nSPS) is 18.7. The fourth-order valence-electron chi connectivity index (χ4n) is 2.87. The van der Waals surface area contributed by atoms with E-state index in [-0.39, 0.29) is 11.9 Å². The van der Waals surface area contributed by atoms with Crippen molar-refractivity contribution in [3.63, 3.8) is 0 Å². The van der Waals surface area contributed by atoms with Crippen molar-refractivity contribution in [2.45, 2.75) is 26.3 Å². The van der Waals surface area contributed by atoms with Crippen LogP contribution in [-0.4, -0.2) is 40.7 Å². The molecular formula is C17H21N3O3. The molecule has 1 saturated heterocycles. The van der Waals surface area contributed by atoms with E-state index in [4.69, 9.17) is 9.26 Å². The van der Waals surface area contributed by atoms with Crippen LogP contribution in [0, 0.1) is 5.92 Å². The van der Waals surface area contributed by atoms with Crippen molar-refractivity contribution in [1.82, 2.24) is 15.0 Å². The molecule has 0 aliphatic carbocycles. The van der Waals surface area contributed by atoms with Crippen LogP contribution >= 0.6 is 0 Å². The first kappa shape index (κ1) is 15.7. The number of aromatic nitrogens is 2. The van der Waals surface area contributed by atoms with Gasteiger partial charge in [-0.2, -0.15) is 4.98 Å². The average molecular weight is 315 g/mol. The van der Waals surface area contributed by atoms with E-state index in [1.54, 1.807) is 0 Å². The monoisotopic (exact) mass is 315 g/mol. The SMILES string of the molecule is CCOC(=O)C1CCCN(Cc2nc(-c3ccccc3)no2)C1. The van der Waals surface area contributed by atoms with Gasteiger partial charge in [-0.25, -0.2) is 0 Å². The van der Waals surface area contributed by atoms with Gasteiger partial charge in [0.2, 0.25) is 11.7 Å². The number of carbonyl (C=O) groups excluding carboxylic acids is 1. The Bertz CT molecular complexity index is 642. The van der Waals surface area contributed by atoms with Crippen LogP contribution in [-0.2, 0) is 16.1 Å². The summed E-state index contributed by atoms with van der Waals surface area (Å²) in [6.45, 7) is 4.44. The van der Waals surface area contributed by atoms with Gasteiger partial charge in [-0.3, -0.25) is 9.69 Å². The molecule has 1 unspecified atom stereocenters. The van der Waals surface area contributed by atoms with E-state index in [9.17, 15) is 4.79 Å². The molecule has 1 fully saturated rings. The molecule has 0 saturated carbocycles. The number of piperidine rings is 1. The number of rotatable bonds is 5. The molecule has 2 heterocycles. The zero-order chi connectivity index (χ0) is 16.1. The Balaban J connectivity index is 1.61. The fraction of sp³-hybridized carbons (Fsp3) is 0.471. The van der Waals surface area contributed by atoms with Gasteiger partial charge in [0.15, 0.2) is 0 Å². The predicted molar refractivity (Wildman–Crippen MR) is 84.4 cm³/mol. The van der Waals surface area contributed by atoms with E-state index in [2.05, 4.69) is 15.0 Å². The van der Waals surface area contributed by atoms with Crippen LogP contribution in [0.5, 0.6) is 0 Å². The highest BCUT2D eigenvalue weighted by Crippen LogP contribution is 2.21. The summed E-state index contributed by atoms with van der Waals surface area (Å²) in [5.41, 5.74) is 0.936. The van der Waals surface area contributed by atoms with E-state index in [0.29, 0.717) is 31.4 Å². The standard InChI is InChI=1S/C17H21N3O3/c1-2-22-17(21)14-9-6-10-20(11-14)12-15-18-16(19-23-15)13-7-4-3-5-8-13/h3-5,7-8,14H,2,6,9-12H2,1H3. The van der Waals surface area contributed by atoms with Crippen molar-refractivity contribution in [1.29, 1.82) is 0 Å². The number of nitrogens with zero attached hydrogens (tertiary/aromatic N) is 3. The van der Waals surface area contributed by atoms with E-state index in [0.717, 1.165) is 24.9 Å². The summed E-state index contributed by atoms with van der Waals surface area (Å²) in [4.78, 5) is 18.5. The summed E-state index contributed by atoms with van der Waals surface area (Å²) in [5, 5.41) is 4.03. The highest BCUT2D eigenvalue weighted by atomic mass is 16.5. The zero-order valence-corrected chi connectivity index (χ0v) is 13.3. The van der Waals surface area contributed by atoms with Gasteiger partial charge in [0.05, 0.1) is 19.1 Å². The lowest BCUT2D eigenvalue weighted by molar-refractivity contribution is -0.150. The Labute approximate surface area is 135 Å². The molecule has 0 N–H and O–H groups in total. The first-order valence-electron chi connectivity index (χ1n) is 8.03. The minimum atomic E-state index is -0.104. The van der Waals surface area contributed by atoms with E-state index in [1.807, 2.05) is 37.3 Å². The molecule has 0 amide bonds. The van der Waals surface area contributed by atoms with Gasteiger partial charge < -0.3 is 9.26 Å². The second kappa shape index (κ2) is 7.37. The molecule has 23 heavy (non-hydrogen) atoms. The van der Waals surface area contributed by atoms with Gasteiger partial charge >= 0.3 is 5.97 Å². The third kappa shape index (κ3) is 3.96. The molecule has 1 aliphatic heterocycles. The van der Waals surface area contributed by atoms with Crippen LogP contribution in [0.15, 0.2) is 34.9 Å².